The Bertz CT molecular complexity index is 329. The van der Waals surface area contributed by atoms with Gasteiger partial charge in [-0.1, -0.05) is 11.6 Å². The van der Waals surface area contributed by atoms with Crippen LogP contribution >= 0.6 is 23.4 Å². The first-order valence-corrected chi connectivity index (χ1v) is 6.46. The Morgan fingerprint density at radius 1 is 1.31 bits per heavy atom. The summed E-state index contributed by atoms with van der Waals surface area (Å²) >= 11 is 7.55. The molecular formula is C11H15ClN2OS. The molecule has 0 aliphatic carbocycles. The average Bonchev–Trinajstić information content (AvgIpc) is 2.31. The smallest absolute Gasteiger partial charge is 0.233 e. The van der Waals surface area contributed by atoms with Crippen LogP contribution in [0.2, 0.25) is 5.02 Å². The number of unbranched alkanes of at least 4 members (excludes halogenated alkanes) is 1. The predicted octanol–water partition coefficient (Wildman–Crippen LogP) is 2.59. The molecule has 0 fully saturated rings. The maximum atomic E-state index is 10.8. The fourth-order valence-corrected chi connectivity index (χ4v) is 2.22. The fraction of sp³-hybridized carbons (Fsp3) is 0.364. The molecule has 0 radical (unpaired) electrons. The van der Waals surface area contributed by atoms with Crippen LogP contribution in [0.5, 0.6) is 0 Å². The predicted molar refractivity (Wildman–Crippen MR) is 68.4 cm³/mol. The Labute approximate surface area is 105 Å². The number of halogens is 1. The van der Waals surface area contributed by atoms with Crippen LogP contribution in [0.15, 0.2) is 29.2 Å². The molecule has 0 saturated carbocycles. The second kappa shape index (κ2) is 7.54. The third kappa shape index (κ3) is 5.39. The highest BCUT2D eigenvalue weighted by molar-refractivity contribution is 7.99. The molecule has 0 aromatic heterocycles. The molecule has 0 bridgehead atoms. The van der Waals surface area contributed by atoms with E-state index in [1.807, 2.05) is 24.3 Å². The monoisotopic (exact) mass is 258 g/mol. The molecule has 1 aromatic carbocycles. The Morgan fingerprint density at radius 3 is 2.62 bits per heavy atom. The SMILES string of the molecule is NNC(=O)CCCCSc1ccc(Cl)cc1. The van der Waals surface area contributed by atoms with E-state index in [9.17, 15) is 4.79 Å². The van der Waals surface area contributed by atoms with Crippen molar-refractivity contribution in [3.05, 3.63) is 29.3 Å². The summed E-state index contributed by atoms with van der Waals surface area (Å²) in [6.45, 7) is 0. The van der Waals surface area contributed by atoms with Crippen molar-refractivity contribution in [1.82, 2.24) is 5.43 Å². The first-order chi connectivity index (χ1) is 7.72. The average molecular weight is 259 g/mol. The summed E-state index contributed by atoms with van der Waals surface area (Å²) in [4.78, 5) is 12.0. The maximum Gasteiger partial charge on any atom is 0.233 e. The van der Waals surface area contributed by atoms with Gasteiger partial charge in [0.15, 0.2) is 0 Å². The standard InChI is InChI=1S/C11H15ClN2OS/c12-9-4-6-10(7-5-9)16-8-2-1-3-11(15)14-13/h4-7H,1-3,8,13H2,(H,14,15). The van der Waals surface area contributed by atoms with Gasteiger partial charge in [-0.2, -0.15) is 0 Å². The molecule has 1 rings (SSSR count). The fourth-order valence-electron chi connectivity index (χ4n) is 1.18. The normalized spacial score (nSPS) is 10.1. The molecule has 3 nitrogen and oxygen atoms in total. The van der Waals surface area contributed by atoms with E-state index in [4.69, 9.17) is 17.4 Å². The topological polar surface area (TPSA) is 55.1 Å². The first kappa shape index (κ1) is 13.4. The number of thioether (sulfide) groups is 1. The van der Waals surface area contributed by atoms with Crippen LogP contribution in [0.3, 0.4) is 0 Å². The lowest BCUT2D eigenvalue weighted by molar-refractivity contribution is -0.121. The molecule has 0 spiro atoms. The highest BCUT2D eigenvalue weighted by Gasteiger charge is 1.98. The molecule has 3 N–H and O–H groups in total. The molecule has 0 atom stereocenters. The Balaban J connectivity index is 2.11. The number of hydrogen-bond acceptors (Lipinski definition) is 3. The molecule has 0 saturated heterocycles. The summed E-state index contributed by atoms with van der Waals surface area (Å²) in [6.07, 6.45) is 2.36. The highest BCUT2D eigenvalue weighted by Crippen LogP contribution is 2.21. The van der Waals surface area contributed by atoms with Crippen molar-refractivity contribution in [2.45, 2.75) is 24.2 Å². The van der Waals surface area contributed by atoms with Crippen molar-refractivity contribution in [3.63, 3.8) is 0 Å². The zero-order valence-electron chi connectivity index (χ0n) is 8.91. The van der Waals surface area contributed by atoms with Gasteiger partial charge in [0, 0.05) is 16.3 Å². The quantitative estimate of drug-likeness (QED) is 0.271. The van der Waals surface area contributed by atoms with Gasteiger partial charge in [-0.15, -0.1) is 11.8 Å². The molecule has 5 heteroatoms. The van der Waals surface area contributed by atoms with Crippen LogP contribution < -0.4 is 11.3 Å². The third-order valence-corrected chi connectivity index (χ3v) is 3.39. The van der Waals surface area contributed by atoms with E-state index in [-0.39, 0.29) is 5.91 Å². The summed E-state index contributed by atoms with van der Waals surface area (Å²) in [6, 6.07) is 7.76. The minimum atomic E-state index is -0.100. The van der Waals surface area contributed by atoms with E-state index in [0.29, 0.717) is 6.42 Å². The van der Waals surface area contributed by atoms with Gasteiger partial charge < -0.3 is 0 Å². The summed E-state index contributed by atoms with van der Waals surface area (Å²) in [5.41, 5.74) is 2.12. The highest BCUT2D eigenvalue weighted by atomic mass is 35.5. The molecule has 0 aliphatic rings. The lowest BCUT2D eigenvalue weighted by Gasteiger charge is -2.02. The minimum absolute atomic E-state index is 0.100. The minimum Gasteiger partial charge on any atom is -0.294 e. The van der Waals surface area contributed by atoms with E-state index in [2.05, 4.69) is 5.43 Å². The van der Waals surface area contributed by atoms with E-state index in [1.54, 1.807) is 11.8 Å². The van der Waals surface area contributed by atoms with Crippen molar-refractivity contribution in [3.8, 4) is 0 Å². The number of benzene rings is 1. The van der Waals surface area contributed by atoms with Crippen LogP contribution in [-0.4, -0.2) is 11.7 Å². The Hall–Kier alpha value is -0.710. The van der Waals surface area contributed by atoms with Crippen LogP contribution in [0.4, 0.5) is 0 Å². The van der Waals surface area contributed by atoms with Crippen LogP contribution in [0.25, 0.3) is 0 Å². The van der Waals surface area contributed by atoms with Crippen LogP contribution in [-0.2, 0) is 4.79 Å². The number of amides is 1. The number of nitrogens with one attached hydrogen (secondary N) is 1. The van der Waals surface area contributed by atoms with Crippen molar-refractivity contribution in [2.75, 3.05) is 5.75 Å². The Kier molecular flexibility index (Phi) is 6.30. The van der Waals surface area contributed by atoms with Crippen molar-refractivity contribution >= 4 is 29.3 Å². The first-order valence-electron chi connectivity index (χ1n) is 5.10. The van der Waals surface area contributed by atoms with E-state index in [0.717, 1.165) is 23.6 Å². The summed E-state index contributed by atoms with van der Waals surface area (Å²) in [5.74, 6) is 5.87. The Morgan fingerprint density at radius 2 is 2.00 bits per heavy atom. The summed E-state index contributed by atoms with van der Waals surface area (Å²) in [7, 11) is 0. The number of carbonyl (C=O) groups excluding carboxylic acids is 1. The molecule has 88 valence electrons. The molecule has 0 unspecified atom stereocenters. The van der Waals surface area contributed by atoms with Gasteiger partial charge in [0.1, 0.15) is 0 Å². The number of hydrazine groups is 1. The van der Waals surface area contributed by atoms with Gasteiger partial charge in [0.25, 0.3) is 0 Å². The molecule has 0 aliphatic heterocycles. The lowest BCUT2D eigenvalue weighted by atomic mass is 10.2. The van der Waals surface area contributed by atoms with Crippen molar-refractivity contribution < 1.29 is 4.79 Å². The maximum absolute atomic E-state index is 10.8. The number of nitrogens with two attached hydrogens (primary N) is 1. The zero-order valence-corrected chi connectivity index (χ0v) is 10.5. The molecule has 1 amide bonds. The van der Waals surface area contributed by atoms with Gasteiger partial charge >= 0.3 is 0 Å². The number of carbonyl (C=O) groups is 1. The van der Waals surface area contributed by atoms with E-state index < -0.39 is 0 Å². The van der Waals surface area contributed by atoms with Gasteiger partial charge in [-0.05, 0) is 42.9 Å². The summed E-state index contributed by atoms with van der Waals surface area (Å²) in [5, 5.41) is 0.754. The van der Waals surface area contributed by atoms with Gasteiger partial charge in [-0.25, -0.2) is 5.84 Å². The van der Waals surface area contributed by atoms with Crippen molar-refractivity contribution in [1.29, 1.82) is 0 Å². The summed E-state index contributed by atoms with van der Waals surface area (Å²) < 4.78 is 0. The van der Waals surface area contributed by atoms with E-state index in [1.165, 1.54) is 4.90 Å². The third-order valence-electron chi connectivity index (χ3n) is 2.04. The lowest BCUT2D eigenvalue weighted by Crippen LogP contribution is -2.29. The number of hydrogen-bond donors (Lipinski definition) is 2. The molecular weight excluding hydrogens is 244 g/mol. The van der Waals surface area contributed by atoms with Gasteiger partial charge in [-0.3, -0.25) is 10.2 Å². The second-order valence-electron chi connectivity index (χ2n) is 3.33. The zero-order chi connectivity index (χ0) is 11.8. The largest absolute Gasteiger partial charge is 0.294 e. The van der Waals surface area contributed by atoms with E-state index >= 15 is 0 Å². The van der Waals surface area contributed by atoms with Crippen LogP contribution in [0.1, 0.15) is 19.3 Å². The molecule has 16 heavy (non-hydrogen) atoms. The second-order valence-corrected chi connectivity index (χ2v) is 4.93. The molecule has 1 aromatic rings. The van der Waals surface area contributed by atoms with Gasteiger partial charge in [0.2, 0.25) is 5.91 Å². The number of rotatable bonds is 6. The van der Waals surface area contributed by atoms with Gasteiger partial charge in [0.05, 0.1) is 0 Å². The molecule has 0 heterocycles. The van der Waals surface area contributed by atoms with Crippen molar-refractivity contribution in [2.24, 2.45) is 5.84 Å². The van der Waals surface area contributed by atoms with Crippen LogP contribution in [0, 0.1) is 0 Å².